The fourth-order valence-electron chi connectivity index (χ4n) is 3.79. The number of rotatable bonds is 25. The van der Waals surface area contributed by atoms with E-state index < -0.39 is 0 Å². The summed E-state index contributed by atoms with van der Waals surface area (Å²) in [7, 11) is 1.66. The number of aliphatic hydroxyl groups excluding tert-OH is 3. The first-order valence-corrected chi connectivity index (χ1v) is 12.6. The van der Waals surface area contributed by atoms with Gasteiger partial charge in [0.25, 0.3) is 0 Å². The van der Waals surface area contributed by atoms with E-state index in [1.807, 2.05) is 20.8 Å². The molecular formula is C24H52N2O8. The molecule has 0 heterocycles. The zero-order valence-corrected chi connectivity index (χ0v) is 22.2. The van der Waals surface area contributed by atoms with Gasteiger partial charge in [-0.1, -0.05) is 0 Å². The van der Waals surface area contributed by atoms with Crippen LogP contribution < -0.4 is 0 Å². The van der Waals surface area contributed by atoms with Crippen molar-refractivity contribution < 1.29 is 39.0 Å². The van der Waals surface area contributed by atoms with Crippen LogP contribution in [0, 0.1) is 0 Å². The minimum atomic E-state index is -0.00518. The smallest absolute Gasteiger partial charge is 0.0704 e. The van der Waals surface area contributed by atoms with E-state index in [0.717, 1.165) is 45.7 Å². The molecule has 0 aromatic heterocycles. The molecule has 0 fully saturated rings. The Bertz CT molecular complexity index is 420. The van der Waals surface area contributed by atoms with Crippen LogP contribution in [0.15, 0.2) is 0 Å². The van der Waals surface area contributed by atoms with Crippen LogP contribution in [0.2, 0.25) is 0 Å². The molecule has 0 saturated carbocycles. The summed E-state index contributed by atoms with van der Waals surface area (Å²) >= 11 is 0. The average molecular weight is 497 g/mol. The highest BCUT2D eigenvalue weighted by molar-refractivity contribution is 4.71. The molecule has 0 bridgehead atoms. The maximum Gasteiger partial charge on any atom is 0.0704 e. The Morgan fingerprint density at radius 3 is 1.15 bits per heavy atom. The van der Waals surface area contributed by atoms with Gasteiger partial charge in [-0.05, 0) is 47.2 Å². The first-order chi connectivity index (χ1) is 16.4. The maximum atomic E-state index is 9.05. The number of hydrogen-bond donors (Lipinski definition) is 3. The first kappa shape index (κ1) is 33.6. The van der Waals surface area contributed by atoms with Crippen molar-refractivity contribution in [2.45, 2.75) is 58.5 Å². The van der Waals surface area contributed by atoms with Crippen molar-refractivity contribution in [1.29, 1.82) is 0 Å². The molecule has 0 aliphatic heterocycles. The SMILES string of the molecule is COCCOC(C)CN(CCCN(CC(C)OCCO)CC(C)OCCO)CC(C)OCCO. The van der Waals surface area contributed by atoms with Gasteiger partial charge in [0, 0.05) is 33.3 Å². The van der Waals surface area contributed by atoms with E-state index in [9.17, 15) is 0 Å². The molecule has 0 aromatic rings. The third-order valence-corrected chi connectivity index (χ3v) is 5.18. The van der Waals surface area contributed by atoms with Gasteiger partial charge in [0.2, 0.25) is 0 Å². The summed E-state index contributed by atoms with van der Waals surface area (Å²) in [6, 6.07) is 0. The number of methoxy groups -OCH3 is 1. The van der Waals surface area contributed by atoms with Crippen LogP contribution in [0.5, 0.6) is 0 Å². The van der Waals surface area contributed by atoms with Gasteiger partial charge in [-0.2, -0.15) is 0 Å². The summed E-state index contributed by atoms with van der Waals surface area (Å²) in [6.07, 6.45) is 1.00. The summed E-state index contributed by atoms with van der Waals surface area (Å²) in [5.41, 5.74) is 0. The third kappa shape index (κ3) is 19.9. The molecule has 0 saturated heterocycles. The molecule has 0 aliphatic carbocycles. The van der Waals surface area contributed by atoms with Gasteiger partial charge >= 0.3 is 0 Å². The first-order valence-electron chi connectivity index (χ1n) is 12.6. The van der Waals surface area contributed by atoms with Crippen molar-refractivity contribution in [3.8, 4) is 0 Å². The molecule has 4 unspecified atom stereocenters. The quantitative estimate of drug-likeness (QED) is 0.152. The van der Waals surface area contributed by atoms with Crippen LogP contribution in [0.3, 0.4) is 0 Å². The van der Waals surface area contributed by atoms with Crippen LogP contribution in [0.1, 0.15) is 34.1 Å². The Hall–Kier alpha value is -0.400. The van der Waals surface area contributed by atoms with Crippen molar-refractivity contribution >= 4 is 0 Å². The molecule has 0 rings (SSSR count). The predicted octanol–water partition coefficient (Wildman–Crippen LogP) is 0.224. The molecule has 0 radical (unpaired) electrons. The van der Waals surface area contributed by atoms with Crippen LogP contribution in [-0.2, 0) is 23.7 Å². The molecule has 0 aromatic carbocycles. The highest BCUT2D eigenvalue weighted by Crippen LogP contribution is 2.07. The summed E-state index contributed by atoms with van der Waals surface area (Å²) in [5, 5.41) is 27.1. The highest BCUT2D eigenvalue weighted by Gasteiger charge is 2.18. The van der Waals surface area contributed by atoms with Crippen molar-refractivity contribution in [2.24, 2.45) is 0 Å². The van der Waals surface area contributed by atoms with Crippen LogP contribution in [0.4, 0.5) is 0 Å². The minimum Gasteiger partial charge on any atom is -0.394 e. The molecule has 0 spiro atoms. The number of aliphatic hydroxyl groups is 3. The predicted molar refractivity (Wildman–Crippen MR) is 132 cm³/mol. The van der Waals surface area contributed by atoms with E-state index in [1.165, 1.54) is 0 Å². The van der Waals surface area contributed by atoms with Crippen molar-refractivity contribution in [3.05, 3.63) is 0 Å². The monoisotopic (exact) mass is 496 g/mol. The number of ether oxygens (including phenoxy) is 5. The zero-order valence-electron chi connectivity index (χ0n) is 22.2. The van der Waals surface area contributed by atoms with Gasteiger partial charge < -0.3 is 39.0 Å². The Morgan fingerprint density at radius 1 is 0.529 bits per heavy atom. The van der Waals surface area contributed by atoms with Crippen LogP contribution in [0.25, 0.3) is 0 Å². The summed E-state index contributed by atoms with van der Waals surface area (Å²) in [6.45, 7) is 15.0. The molecule has 3 N–H and O–H groups in total. The number of hydrogen-bond acceptors (Lipinski definition) is 10. The zero-order chi connectivity index (χ0) is 25.6. The fourth-order valence-corrected chi connectivity index (χ4v) is 3.79. The van der Waals surface area contributed by atoms with Gasteiger partial charge in [-0.3, -0.25) is 9.80 Å². The van der Waals surface area contributed by atoms with E-state index >= 15 is 0 Å². The summed E-state index contributed by atoms with van der Waals surface area (Å²) in [4.78, 5) is 4.65. The van der Waals surface area contributed by atoms with Gasteiger partial charge in [0.05, 0.1) is 77.3 Å². The lowest BCUT2D eigenvalue weighted by Gasteiger charge is -2.31. The Kier molecular flexibility index (Phi) is 22.8. The molecule has 34 heavy (non-hydrogen) atoms. The topological polar surface area (TPSA) is 113 Å². The van der Waals surface area contributed by atoms with Gasteiger partial charge in [0.1, 0.15) is 0 Å². The van der Waals surface area contributed by atoms with E-state index in [1.54, 1.807) is 7.11 Å². The second-order valence-electron chi connectivity index (χ2n) is 8.76. The highest BCUT2D eigenvalue weighted by atomic mass is 16.5. The molecule has 10 heteroatoms. The second-order valence-corrected chi connectivity index (χ2v) is 8.76. The lowest BCUT2D eigenvalue weighted by atomic mass is 10.2. The summed E-state index contributed by atoms with van der Waals surface area (Å²) < 4.78 is 27.9. The summed E-state index contributed by atoms with van der Waals surface area (Å²) in [5.74, 6) is 0. The maximum absolute atomic E-state index is 9.05. The lowest BCUT2D eigenvalue weighted by Crippen LogP contribution is -2.42. The Balaban J connectivity index is 4.87. The van der Waals surface area contributed by atoms with Crippen molar-refractivity contribution in [2.75, 3.05) is 99.2 Å². The molecule has 4 atom stereocenters. The van der Waals surface area contributed by atoms with Crippen LogP contribution in [-0.4, -0.2) is 149 Å². The third-order valence-electron chi connectivity index (χ3n) is 5.18. The molecule has 0 aliphatic rings. The second kappa shape index (κ2) is 23.0. The minimum absolute atomic E-state index is 0.00518. The number of nitrogens with zero attached hydrogens (tertiary/aromatic N) is 2. The normalized spacial score (nSPS) is 15.7. The van der Waals surface area contributed by atoms with Crippen LogP contribution >= 0.6 is 0 Å². The molecule has 0 amide bonds. The van der Waals surface area contributed by atoms with Crippen molar-refractivity contribution in [1.82, 2.24) is 9.80 Å². The standard InChI is InChI=1S/C24H52N2O8/c1-21(31-12-9-27)17-25(18-22(2)32-13-10-28)7-6-8-26(19-23(3)33-14-11-29)20-24(4)34-16-15-30-5/h21-24,27-29H,6-20H2,1-5H3. The van der Waals surface area contributed by atoms with E-state index in [-0.39, 0.29) is 44.2 Å². The molecular weight excluding hydrogens is 444 g/mol. The van der Waals surface area contributed by atoms with Gasteiger partial charge in [-0.25, -0.2) is 0 Å². The van der Waals surface area contributed by atoms with Gasteiger partial charge in [-0.15, -0.1) is 0 Å². The van der Waals surface area contributed by atoms with E-state index in [2.05, 4.69) is 16.7 Å². The van der Waals surface area contributed by atoms with E-state index in [4.69, 9.17) is 39.0 Å². The van der Waals surface area contributed by atoms with E-state index in [0.29, 0.717) is 33.0 Å². The molecule has 10 nitrogen and oxygen atoms in total. The van der Waals surface area contributed by atoms with Crippen molar-refractivity contribution in [3.63, 3.8) is 0 Å². The Labute approximate surface area is 207 Å². The average Bonchev–Trinajstić information content (AvgIpc) is 2.80. The van der Waals surface area contributed by atoms with Gasteiger partial charge in [0.15, 0.2) is 0 Å². The molecule has 206 valence electrons. The Morgan fingerprint density at radius 2 is 0.853 bits per heavy atom. The largest absolute Gasteiger partial charge is 0.394 e. The fraction of sp³-hybridized carbons (Fsp3) is 1.00. The lowest BCUT2D eigenvalue weighted by molar-refractivity contribution is -0.0181.